The molecule has 0 saturated carbocycles. The molecule has 2 aromatic rings. The van der Waals surface area contributed by atoms with Crippen molar-refractivity contribution in [3.63, 3.8) is 0 Å². The molecule has 0 radical (unpaired) electrons. The molecule has 1 aliphatic heterocycles. The van der Waals surface area contributed by atoms with Crippen molar-refractivity contribution in [1.82, 2.24) is 14.9 Å². The summed E-state index contributed by atoms with van der Waals surface area (Å²) in [5, 5.41) is 1.91. The fourth-order valence-corrected chi connectivity index (χ4v) is 5.28. The molecular weight excluding hydrogens is 338 g/mol. The van der Waals surface area contributed by atoms with Crippen molar-refractivity contribution in [2.24, 2.45) is 0 Å². The number of thioether (sulfide) groups is 1. The van der Waals surface area contributed by atoms with Crippen LogP contribution in [0.4, 0.5) is 0 Å². The van der Waals surface area contributed by atoms with E-state index in [-0.39, 0.29) is 11.2 Å². The summed E-state index contributed by atoms with van der Waals surface area (Å²) < 4.78 is 0. The van der Waals surface area contributed by atoms with Gasteiger partial charge in [0.15, 0.2) is 0 Å². The van der Waals surface area contributed by atoms with E-state index >= 15 is 0 Å². The summed E-state index contributed by atoms with van der Waals surface area (Å²) in [5.74, 6) is 0.254. The second-order valence-electron chi connectivity index (χ2n) is 6.31. The van der Waals surface area contributed by atoms with Crippen molar-refractivity contribution in [3.05, 3.63) is 17.3 Å². The number of carbonyl (C=O) groups is 1. The predicted octanol–water partition coefficient (Wildman–Crippen LogP) is 4.53. The Kier molecular flexibility index (Phi) is 5.76. The smallest absolute Gasteiger partial charge is 0.236 e. The number of thiophene rings is 1. The van der Waals surface area contributed by atoms with Gasteiger partial charge in [0, 0.05) is 22.8 Å². The van der Waals surface area contributed by atoms with Gasteiger partial charge in [-0.25, -0.2) is 9.97 Å². The molecule has 1 amide bonds. The van der Waals surface area contributed by atoms with Gasteiger partial charge in [0.25, 0.3) is 0 Å². The van der Waals surface area contributed by atoms with Crippen LogP contribution in [0.2, 0.25) is 0 Å². The first-order valence-corrected chi connectivity index (χ1v) is 10.5. The molecule has 3 heterocycles. The third-order valence-electron chi connectivity index (χ3n) is 4.71. The highest BCUT2D eigenvalue weighted by Crippen LogP contribution is 2.34. The molecule has 1 aliphatic rings. The van der Waals surface area contributed by atoms with Gasteiger partial charge < -0.3 is 4.90 Å². The second-order valence-corrected chi connectivity index (χ2v) is 8.76. The Morgan fingerprint density at radius 3 is 3.00 bits per heavy atom. The van der Waals surface area contributed by atoms with Crippen LogP contribution < -0.4 is 0 Å². The van der Waals surface area contributed by atoms with E-state index in [1.807, 2.05) is 6.92 Å². The molecule has 2 aromatic heterocycles. The van der Waals surface area contributed by atoms with Crippen LogP contribution in [0.15, 0.2) is 17.4 Å². The number of amides is 1. The minimum absolute atomic E-state index is 0.111. The van der Waals surface area contributed by atoms with Gasteiger partial charge in [0.2, 0.25) is 5.91 Å². The summed E-state index contributed by atoms with van der Waals surface area (Å²) in [6, 6.07) is 2.59. The van der Waals surface area contributed by atoms with E-state index in [1.165, 1.54) is 11.3 Å². The topological polar surface area (TPSA) is 46.1 Å². The Balaban J connectivity index is 1.77. The Hall–Kier alpha value is -1.14. The summed E-state index contributed by atoms with van der Waals surface area (Å²) in [6.07, 6.45) is 7.18. The molecule has 3 rings (SSSR count). The van der Waals surface area contributed by atoms with Gasteiger partial charge >= 0.3 is 0 Å². The lowest BCUT2D eigenvalue weighted by Crippen LogP contribution is -2.46. The van der Waals surface area contributed by atoms with E-state index in [0.29, 0.717) is 6.04 Å². The molecule has 0 aliphatic carbocycles. The lowest BCUT2D eigenvalue weighted by Gasteiger charge is -2.36. The van der Waals surface area contributed by atoms with Crippen LogP contribution in [0.25, 0.3) is 10.2 Å². The van der Waals surface area contributed by atoms with Gasteiger partial charge in [0.1, 0.15) is 16.2 Å². The van der Waals surface area contributed by atoms with Crippen molar-refractivity contribution in [2.45, 2.75) is 69.2 Å². The average Bonchev–Trinajstić information content (AvgIpc) is 3.05. The quantitative estimate of drug-likeness (QED) is 0.578. The zero-order chi connectivity index (χ0) is 17.1. The highest BCUT2D eigenvalue weighted by molar-refractivity contribution is 8.00. The number of nitrogens with zero attached hydrogens (tertiary/aromatic N) is 3. The summed E-state index contributed by atoms with van der Waals surface area (Å²) in [4.78, 5) is 26.2. The molecule has 1 saturated heterocycles. The van der Waals surface area contributed by atoms with E-state index in [0.717, 1.165) is 47.5 Å². The molecule has 24 heavy (non-hydrogen) atoms. The van der Waals surface area contributed by atoms with Gasteiger partial charge in [-0.3, -0.25) is 4.79 Å². The fourth-order valence-electron chi connectivity index (χ4n) is 3.32. The van der Waals surface area contributed by atoms with Crippen LogP contribution in [0, 0.1) is 0 Å². The van der Waals surface area contributed by atoms with Crippen LogP contribution in [0.5, 0.6) is 0 Å². The number of rotatable bonds is 5. The van der Waals surface area contributed by atoms with Crippen molar-refractivity contribution < 1.29 is 4.79 Å². The van der Waals surface area contributed by atoms with Gasteiger partial charge in [-0.2, -0.15) is 0 Å². The highest BCUT2D eigenvalue weighted by atomic mass is 32.2. The summed E-state index contributed by atoms with van der Waals surface area (Å²) in [6.45, 7) is 7.24. The first kappa shape index (κ1) is 17.7. The fraction of sp³-hybridized carbons (Fsp3) is 0.611. The molecule has 4 nitrogen and oxygen atoms in total. The molecular formula is C18H25N3OS2. The molecule has 130 valence electrons. The van der Waals surface area contributed by atoms with Crippen LogP contribution in [0.3, 0.4) is 0 Å². The molecule has 2 atom stereocenters. The number of piperidine rings is 1. The predicted molar refractivity (Wildman–Crippen MR) is 102 cm³/mol. The maximum absolute atomic E-state index is 12.9. The van der Waals surface area contributed by atoms with Crippen molar-refractivity contribution in [3.8, 4) is 0 Å². The third kappa shape index (κ3) is 3.59. The lowest BCUT2D eigenvalue weighted by molar-refractivity contribution is -0.134. The number of hydrogen-bond acceptors (Lipinski definition) is 5. The van der Waals surface area contributed by atoms with E-state index in [4.69, 9.17) is 0 Å². The maximum atomic E-state index is 12.9. The Bertz CT molecular complexity index is 715. The van der Waals surface area contributed by atoms with Crippen molar-refractivity contribution in [1.29, 1.82) is 0 Å². The Morgan fingerprint density at radius 1 is 1.42 bits per heavy atom. The van der Waals surface area contributed by atoms with Gasteiger partial charge in [-0.1, -0.05) is 25.6 Å². The molecule has 0 bridgehead atoms. The number of fused-ring (bicyclic) bond motifs is 1. The van der Waals surface area contributed by atoms with Gasteiger partial charge in [-0.15, -0.1) is 11.3 Å². The minimum Gasteiger partial charge on any atom is -0.339 e. The van der Waals surface area contributed by atoms with Crippen LogP contribution in [-0.4, -0.2) is 38.6 Å². The van der Waals surface area contributed by atoms with Crippen LogP contribution >= 0.6 is 23.1 Å². The monoisotopic (exact) mass is 363 g/mol. The number of hydrogen-bond donors (Lipinski definition) is 0. The SMILES string of the molecule is CCc1cc2c(SC(C)C(=O)N3CCCCC3CC)ncnc2s1. The first-order chi connectivity index (χ1) is 11.6. The Morgan fingerprint density at radius 2 is 2.25 bits per heavy atom. The van der Waals surface area contributed by atoms with E-state index in [2.05, 4.69) is 34.8 Å². The molecule has 6 heteroatoms. The van der Waals surface area contributed by atoms with E-state index in [1.54, 1.807) is 29.4 Å². The summed E-state index contributed by atoms with van der Waals surface area (Å²) >= 11 is 3.29. The van der Waals surface area contributed by atoms with Crippen LogP contribution in [0.1, 0.15) is 51.3 Å². The van der Waals surface area contributed by atoms with Gasteiger partial charge in [-0.05, 0) is 45.1 Å². The number of aromatic nitrogens is 2. The molecule has 0 aromatic carbocycles. The minimum atomic E-state index is -0.111. The molecule has 2 unspecified atom stereocenters. The normalized spacial score (nSPS) is 19.6. The molecule has 0 spiro atoms. The lowest BCUT2D eigenvalue weighted by atomic mass is 10.00. The zero-order valence-corrected chi connectivity index (χ0v) is 16.3. The number of aryl methyl sites for hydroxylation is 1. The van der Waals surface area contributed by atoms with Crippen LogP contribution in [-0.2, 0) is 11.2 Å². The molecule has 1 fully saturated rings. The van der Waals surface area contributed by atoms with Crippen molar-refractivity contribution >= 4 is 39.2 Å². The number of likely N-dealkylation sites (tertiary alicyclic amines) is 1. The largest absolute Gasteiger partial charge is 0.339 e. The first-order valence-electron chi connectivity index (χ1n) is 8.84. The zero-order valence-electron chi connectivity index (χ0n) is 14.6. The van der Waals surface area contributed by atoms with E-state index in [9.17, 15) is 4.79 Å². The van der Waals surface area contributed by atoms with Crippen molar-refractivity contribution in [2.75, 3.05) is 6.54 Å². The maximum Gasteiger partial charge on any atom is 0.236 e. The molecule has 0 N–H and O–H groups in total. The Labute approximate surface area is 152 Å². The standard InChI is InChI=1S/C18H25N3OS2/c1-4-13-8-6-7-9-21(13)18(22)12(3)23-16-15-10-14(5-2)24-17(15)20-11-19-16/h10-13H,4-9H2,1-3H3. The van der Waals surface area contributed by atoms with Gasteiger partial charge in [0.05, 0.1) is 5.25 Å². The average molecular weight is 364 g/mol. The third-order valence-corrected chi connectivity index (χ3v) is 7.00. The summed E-state index contributed by atoms with van der Waals surface area (Å²) in [5.41, 5.74) is 0. The summed E-state index contributed by atoms with van der Waals surface area (Å²) in [7, 11) is 0. The van der Waals surface area contributed by atoms with E-state index < -0.39 is 0 Å². The highest BCUT2D eigenvalue weighted by Gasteiger charge is 2.29. The number of carbonyl (C=O) groups excluding carboxylic acids is 1. The second kappa shape index (κ2) is 7.83.